The topological polar surface area (TPSA) is 70.5 Å². The molecule has 0 amide bonds. The number of aliphatic hydroxyl groups is 1. The molecule has 2 heterocycles. The number of ether oxygens (including phenoxy) is 1. The Bertz CT molecular complexity index is 415. The minimum absolute atomic E-state index is 0.267. The van der Waals surface area contributed by atoms with Gasteiger partial charge in [-0.15, -0.1) is 0 Å². The van der Waals surface area contributed by atoms with E-state index in [4.69, 9.17) is 4.74 Å². The second kappa shape index (κ2) is 8.14. The van der Waals surface area contributed by atoms with E-state index in [9.17, 15) is 5.11 Å². The van der Waals surface area contributed by atoms with E-state index < -0.39 is 0 Å². The van der Waals surface area contributed by atoms with E-state index in [0.717, 1.165) is 44.0 Å². The van der Waals surface area contributed by atoms with Gasteiger partial charge in [0.15, 0.2) is 5.82 Å². The number of piperidine rings is 1. The van der Waals surface area contributed by atoms with Gasteiger partial charge < -0.3 is 20.1 Å². The lowest BCUT2D eigenvalue weighted by atomic mass is 10.1. The first-order chi connectivity index (χ1) is 10.2. The van der Waals surface area contributed by atoms with Crippen molar-refractivity contribution in [2.45, 2.75) is 45.8 Å². The third kappa shape index (κ3) is 4.82. The summed E-state index contributed by atoms with van der Waals surface area (Å²) in [6.07, 6.45) is 2.64. The number of aromatic nitrogens is 2. The van der Waals surface area contributed by atoms with Crippen molar-refractivity contribution in [3.8, 4) is 0 Å². The van der Waals surface area contributed by atoms with E-state index in [1.165, 1.54) is 0 Å². The van der Waals surface area contributed by atoms with Crippen molar-refractivity contribution in [1.29, 1.82) is 0 Å². The highest BCUT2D eigenvalue weighted by Crippen LogP contribution is 2.21. The molecule has 1 unspecified atom stereocenters. The predicted octanol–water partition coefficient (Wildman–Crippen LogP) is 1.80. The van der Waals surface area contributed by atoms with Gasteiger partial charge >= 0.3 is 0 Å². The summed E-state index contributed by atoms with van der Waals surface area (Å²) in [6.45, 7) is 7.59. The molecule has 1 saturated heterocycles. The Morgan fingerprint density at radius 3 is 3.00 bits per heavy atom. The van der Waals surface area contributed by atoms with Gasteiger partial charge in [0.2, 0.25) is 0 Å². The molecular formula is C15H26N4O2. The van der Waals surface area contributed by atoms with E-state index in [1.807, 2.05) is 13.0 Å². The van der Waals surface area contributed by atoms with Gasteiger partial charge in [-0.3, -0.25) is 0 Å². The van der Waals surface area contributed by atoms with Crippen LogP contribution in [0, 0.1) is 0 Å². The molecule has 118 valence electrons. The van der Waals surface area contributed by atoms with E-state index >= 15 is 0 Å². The van der Waals surface area contributed by atoms with Crippen molar-refractivity contribution >= 4 is 11.6 Å². The highest BCUT2D eigenvalue weighted by atomic mass is 16.5. The van der Waals surface area contributed by atoms with Crippen LogP contribution in [0.3, 0.4) is 0 Å². The number of anilines is 2. The highest BCUT2D eigenvalue weighted by molar-refractivity contribution is 5.49. The second-order valence-corrected chi connectivity index (χ2v) is 5.33. The fourth-order valence-electron chi connectivity index (χ4n) is 2.41. The third-order valence-corrected chi connectivity index (χ3v) is 3.47. The first-order valence-electron chi connectivity index (χ1n) is 7.85. The minimum atomic E-state index is -0.267. The Kier molecular flexibility index (Phi) is 6.20. The lowest BCUT2D eigenvalue weighted by molar-refractivity contribution is 0.128. The zero-order chi connectivity index (χ0) is 15.1. The molecule has 1 atom stereocenters. The molecule has 0 saturated carbocycles. The Morgan fingerprint density at radius 1 is 1.43 bits per heavy atom. The van der Waals surface area contributed by atoms with Crippen LogP contribution in [0.5, 0.6) is 0 Å². The molecule has 0 spiro atoms. The van der Waals surface area contributed by atoms with Crippen molar-refractivity contribution < 1.29 is 9.84 Å². The molecule has 2 rings (SSSR count). The van der Waals surface area contributed by atoms with E-state index in [2.05, 4.69) is 27.1 Å². The normalized spacial score (nSPS) is 18.8. The lowest BCUT2D eigenvalue weighted by Crippen LogP contribution is -2.39. The molecule has 0 radical (unpaired) electrons. The van der Waals surface area contributed by atoms with Crippen molar-refractivity contribution in [1.82, 2.24) is 9.97 Å². The fraction of sp³-hybridized carbons (Fsp3) is 0.733. The molecule has 6 nitrogen and oxygen atoms in total. The van der Waals surface area contributed by atoms with Gasteiger partial charge in [0.05, 0.1) is 6.10 Å². The summed E-state index contributed by atoms with van der Waals surface area (Å²) in [4.78, 5) is 11.2. The molecular weight excluding hydrogens is 268 g/mol. The minimum Gasteiger partial charge on any atom is -0.391 e. The molecule has 1 aromatic rings. The van der Waals surface area contributed by atoms with Gasteiger partial charge in [-0.25, -0.2) is 9.97 Å². The van der Waals surface area contributed by atoms with Crippen LogP contribution in [-0.4, -0.2) is 47.4 Å². The van der Waals surface area contributed by atoms with Crippen LogP contribution < -0.4 is 10.2 Å². The number of rotatable bonds is 7. The molecule has 0 bridgehead atoms. The molecule has 0 aliphatic carbocycles. The summed E-state index contributed by atoms with van der Waals surface area (Å²) < 4.78 is 5.42. The summed E-state index contributed by atoms with van der Waals surface area (Å²) in [6, 6.07) is 1.96. The second-order valence-electron chi connectivity index (χ2n) is 5.33. The zero-order valence-electron chi connectivity index (χ0n) is 13.0. The highest BCUT2D eigenvalue weighted by Gasteiger charge is 2.20. The maximum Gasteiger partial charge on any atom is 0.158 e. The Morgan fingerprint density at radius 2 is 2.29 bits per heavy atom. The van der Waals surface area contributed by atoms with Crippen LogP contribution in [0.2, 0.25) is 0 Å². The summed E-state index contributed by atoms with van der Waals surface area (Å²) in [5.41, 5.74) is 0. The number of β-amino-alcohol motifs (C(OH)–C–C–N with tert-alkyl or cyclic N) is 1. The van der Waals surface area contributed by atoms with E-state index in [-0.39, 0.29) is 6.10 Å². The molecule has 1 aromatic heterocycles. The van der Waals surface area contributed by atoms with Gasteiger partial charge in [0.25, 0.3) is 0 Å². The van der Waals surface area contributed by atoms with Crippen molar-refractivity contribution in [3.05, 3.63) is 11.9 Å². The van der Waals surface area contributed by atoms with E-state index in [0.29, 0.717) is 25.6 Å². The lowest BCUT2D eigenvalue weighted by Gasteiger charge is -2.31. The summed E-state index contributed by atoms with van der Waals surface area (Å²) >= 11 is 0. The van der Waals surface area contributed by atoms with Crippen LogP contribution >= 0.6 is 0 Å². The number of hydrogen-bond acceptors (Lipinski definition) is 6. The van der Waals surface area contributed by atoms with Crippen LogP contribution in [0.25, 0.3) is 0 Å². The number of nitrogens with zero attached hydrogens (tertiary/aromatic N) is 3. The molecule has 1 aliphatic rings. The van der Waals surface area contributed by atoms with Gasteiger partial charge in [-0.2, -0.15) is 0 Å². The van der Waals surface area contributed by atoms with Gasteiger partial charge in [0.1, 0.15) is 18.2 Å². The van der Waals surface area contributed by atoms with Crippen molar-refractivity contribution in [2.75, 3.05) is 36.5 Å². The largest absolute Gasteiger partial charge is 0.391 e. The molecule has 0 aromatic carbocycles. The van der Waals surface area contributed by atoms with Crippen LogP contribution in [0.15, 0.2) is 6.07 Å². The van der Waals surface area contributed by atoms with Crippen LogP contribution in [0.1, 0.15) is 38.9 Å². The molecule has 1 aliphatic heterocycles. The molecule has 2 N–H and O–H groups in total. The van der Waals surface area contributed by atoms with Crippen molar-refractivity contribution in [2.24, 2.45) is 0 Å². The van der Waals surface area contributed by atoms with E-state index in [1.54, 1.807) is 0 Å². The Labute approximate surface area is 126 Å². The van der Waals surface area contributed by atoms with Gasteiger partial charge in [-0.05, 0) is 26.2 Å². The number of nitrogens with one attached hydrogen (secondary N) is 1. The number of aliphatic hydroxyl groups excluding tert-OH is 1. The molecule has 6 heteroatoms. The van der Waals surface area contributed by atoms with Crippen LogP contribution in [0.4, 0.5) is 11.6 Å². The van der Waals surface area contributed by atoms with Crippen molar-refractivity contribution in [3.63, 3.8) is 0 Å². The Hall–Kier alpha value is -1.40. The first kappa shape index (κ1) is 16.0. The fourth-order valence-corrected chi connectivity index (χ4v) is 2.41. The quantitative estimate of drug-likeness (QED) is 0.799. The summed E-state index contributed by atoms with van der Waals surface area (Å²) in [7, 11) is 0. The zero-order valence-corrected chi connectivity index (χ0v) is 13.0. The summed E-state index contributed by atoms with van der Waals surface area (Å²) in [5.74, 6) is 2.39. The SMILES string of the molecule is CCCNc1cc(N2CCCC(O)C2)nc(COCC)n1. The average molecular weight is 294 g/mol. The Balaban J connectivity index is 2.16. The monoisotopic (exact) mass is 294 g/mol. The molecule has 1 fully saturated rings. The van der Waals surface area contributed by atoms with Gasteiger partial charge in [0, 0.05) is 32.3 Å². The molecule has 21 heavy (non-hydrogen) atoms. The third-order valence-electron chi connectivity index (χ3n) is 3.47. The standard InChI is InChI=1S/C15H26N4O2/c1-3-7-16-13-9-15(18-14(17-13)11-21-4-2)19-8-5-6-12(20)10-19/h9,12,20H,3-8,10-11H2,1-2H3,(H,16,17,18). The van der Waals surface area contributed by atoms with Gasteiger partial charge in [-0.1, -0.05) is 6.92 Å². The first-order valence-corrected chi connectivity index (χ1v) is 7.85. The predicted molar refractivity (Wildman–Crippen MR) is 83.6 cm³/mol. The van der Waals surface area contributed by atoms with Crippen LogP contribution in [-0.2, 0) is 11.3 Å². The maximum absolute atomic E-state index is 9.84. The smallest absolute Gasteiger partial charge is 0.158 e. The summed E-state index contributed by atoms with van der Waals surface area (Å²) in [5, 5.41) is 13.1. The number of hydrogen-bond donors (Lipinski definition) is 2. The maximum atomic E-state index is 9.84. The average Bonchev–Trinajstić information content (AvgIpc) is 2.50.